The molecule has 1 aromatic heterocycles. The summed E-state index contributed by atoms with van der Waals surface area (Å²) in [5.41, 5.74) is 1.23. The highest BCUT2D eigenvalue weighted by atomic mass is 32.2. The van der Waals surface area contributed by atoms with E-state index in [9.17, 15) is 0 Å². The Hall–Kier alpha value is -0.740. The van der Waals surface area contributed by atoms with E-state index in [4.69, 9.17) is 4.74 Å². The van der Waals surface area contributed by atoms with E-state index in [1.165, 1.54) is 5.56 Å². The van der Waals surface area contributed by atoms with E-state index >= 15 is 0 Å². The fourth-order valence-corrected chi connectivity index (χ4v) is 2.34. The number of hydrogen-bond acceptors (Lipinski definition) is 4. The number of pyridine rings is 1. The number of nitrogens with one attached hydrogen (secondary N) is 1. The Bertz CT molecular complexity index is 339. The number of thioether (sulfide) groups is 1. The maximum Gasteiger partial charge on any atom is 0.137 e. The van der Waals surface area contributed by atoms with Gasteiger partial charge in [-0.15, -0.1) is 0 Å². The van der Waals surface area contributed by atoms with Crippen LogP contribution >= 0.6 is 11.8 Å². The summed E-state index contributed by atoms with van der Waals surface area (Å²) in [6.07, 6.45) is 9.19. The van der Waals surface area contributed by atoms with Gasteiger partial charge in [0.25, 0.3) is 0 Å². The Kier molecular flexibility index (Phi) is 8.67. The van der Waals surface area contributed by atoms with Gasteiger partial charge in [-0.1, -0.05) is 13.8 Å². The molecule has 108 valence electrons. The van der Waals surface area contributed by atoms with Crippen LogP contribution in [-0.2, 0) is 0 Å². The Morgan fingerprint density at radius 3 is 2.84 bits per heavy atom. The molecule has 0 aliphatic rings. The minimum Gasteiger partial charge on any atom is -0.492 e. The fraction of sp³-hybridized carbons (Fsp3) is 0.667. The Morgan fingerprint density at radius 1 is 1.32 bits per heavy atom. The second kappa shape index (κ2) is 10.1. The van der Waals surface area contributed by atoms with E-state index in [2.05, 4.69) is 36.5 Å². The molecule has 1 aromatic rings. The van der Waals surface area contributed by atoms with Crippen molar-refractivity contribution in [3.8, 4) is 5.75 Å². The van der Waals surface area contributed by atoms with Gasteiger partial charge in [0.15, 0.2) is 0 Å². The molecule has 1 rings (SSSR count). The summed E-state index contributed by atoms with van der Waals surface area (Å²) in [6.45, 7) is 6.10. The molecule has 1 heterocycles. The minimum absolute atomic E-state index is 0.380. The molecule has 4 heteroatoms. The molecular weight excluding hydrogens is 256 g/mol. The first-order valence-corrected chi connectivity index (χ1v) is 8.51. The zero-order valence-electron chi connectivity index (χ0n) is 12.3. The lowest BCUT2D eigenvalue weighted by Crippen LogP contribution is -2.23. The SMILES string of the molecule is CCCNC(CCSC)c1cncc(OCCC)c1. The van der Waals surface area contributed by atoms with Gasteiger partial charge in [-0.25, -0.2) is 0 Å². The third kappa shape index (κ3) is 6.30. The largest absolute Gasteiger partial charge is 0.492 e. The number of nitrogens with zero attached hydrogens (tertiary/aromatic N) is 1. The van der Waals surface area contributed by atoms with Crippen LogP contribution in [0.5, 0.6) is 5.75 Å². The highest BCUT2D eigenvalue weighted by Crippen LogP contribution is 2.22. The smallest absolute Gasteiger partial charge is 0.137 e. The molecular formula is C15H26N2OS. The number of hydrogen-bond donors (Lipinski definition) is 1. The Balaban J connectivity index is 2.69. The number of ether oxygens (including phenoxy) is 1. The summed E-state index contributed by atoms with van der Waals surface area (Å²) in [4.78, 5) is 4.30. The molecule has 0 aliphatic heterocycles. The first-order chi connectivity index (χ1) is 9.31. The van der Waals surface area contributed by atoms with Gasteiger partial charge in [0, 0.05) is 12.2 Å². The summed E-state index contributed by atoms with van der Waals surface area (Å²) in [5.74, 6) is 2.04. The number of rotatable bonds is 10. The van der Waals surface area contributed by atoms with Crippen molar-refractivity contribution in [1.29, 1.82) is 0 Å². The Labute approximate surface area is 121 Å². The molecule has 1 N–H and O–H groups in total. The summed E-state index contributed by atoms with van der Waals surface area (Å²) in [7, 11) is 0. The topological polar surface area (TPSA) is 34.2 Å². The predicted octanol–water partition coefficient (Wildman–Crippen LogP) is 3.66. The normalized spacial score (nSPS) is 12.4. The minimum atomic E-state index is 0.380. The molecule has 0 aliphatic carbocycles. The van der Waals surface area contributed by atoms with E-state index in [1.54, 1.807) is 6.20 Å². The van der Waals surface area contributed by atoms with Crippen LogP contribution in [0, 0.1) is 0 Å². The molecule has 0 fully saturated rings. The van der Waals surface area contributed by atoms with Gasteiger partial charge in [0.05, 0.1) is 12.8 Å². The molecule has 19 heavy (non-hydrogen) atoms. The second-order valence-electron chi connectivity index (χ2n) is 4.59. The van der Waals surface area contributed by atoms with Crippen molar-refractivity contribution in [1.82, 2.24) is 10.3 Å². The van der Waals surface area contributed by atoms with E-state index in [0.29, 0.717) is 6.04 Å². The lowest BCUT2D eigenvalue weighted by Gasteiger charge is -2.19. The zero-order valence-corrected chi connectivity index (χ0v) is 13.1. The molecule has 1 unspecified atom stereocenters. The number of aromatic nitrogens is 1. The van der Waals surface area contributed by atoms with Crippen molar-refractivity contribution in [2.24, 2.45) is 0 Å². The van der Waals surface area contributed by atoms with Gasteiger partial charge in [-0.05, 0) is 49.4 Å². The molecule has 0 bridgehead atoms. The highest BCUT2D eigenvalue weighted by molar-refractivity contribution is 7.98. The average molecular weight is 282 g/mol. The van der Waals surface area contributed by atoms with E-state index in [1.807, 2.05) is 18.0 Å². The zero-order chi connectivity index (χ0) is 13.9. The summed E-state index contributed by atoms with van der Waals surface area (Å²) >= 11 is 1.88. The van der Waals surface area contributed by atoms with Gasteiger partial charge in [-0.2, -0.15) is 11.8 Å². The van der Waals surface area contributed by atoms with Crippen molar-refractivity contribution in [2.45, 2.75) is 39.2 Å². The average Bonchev–Trinajstić information content (AvgIpc) is 2.45. The van der Waals surface area contributed by atoms with Crippen molar-refractivity contribution < 1.29 is 4.74 Å². The van der Waals surface area contributed by atoms with Crippen LogP contribution in [0.1, 0.15) is 44.7 Å². The lowest BCUT2D eigenvalue weighted by atomic mass is 10.1. The first-order valence-electron chi connectivity index (χ1n) is 7.11. The molecule has 0 saturated heterocycles. The lowest BCUT2D eigenvalue weighted by molar-refractivity contribution is 0.315. The van der Waals surface area contributed by atoms with E-state index in [-0.39, 0.29) is 0 Å². The molecule has 0 amide bonds. The van der Waals surface area contributed by atoms with Crippen LogP contribution in [0.25, 0.3) is 0 Å². The summed E-state index contributed by atoms with van der Waals surface area (Å²) < 4.78 is 5.66. The Morgan fingerprint density at radius 2 is 2.16 bits per heavy atom. The van der Waals surface area contributed by atoms with Gasteiger partial charge in [-0.3, -0.25) is 4.98 Å². The van der Waals surface area contributed by atoms with Crippen LogP contribution in [0.3, 0.4) is 0 Å². The molecule has 0 spiro atoms. The summed E-state index contributed by atoms with van der Waals surface area (Å²) in [6, 6.07) is 2.50. The summed E-state index contributed by atoms with van der Waals surface area (Å²) in [5, 5.41) is 3.59. The predicted molar refractivity (Wildman–Crippen MR) is 84.1 cm³/mol. The van der Waals surface area contributed by atoms with Gasteiger partial charge < -0.3 is 10.1 Å². The van der Waals surface area contributed by atoms with Crippen molar-refractivity contribution in [3.63, 3.8) is 0 Å². The molecule has 0 aromatic carbocycles. The molecule has 0 radical (unpaired) electrons. The van der Waals surface area contributed by atoms with Crippen LogP contribution < -0.4 is 10.1 Å². The van der Waals surface area contributed by atoms with Crippen LogP contribution in [0.15, 0.2) is 18.5 Å². The third-order valence-electron chi connectivity index (χ3n) is 2.86. The standard InChI is InChI=1S/C15H26N2OS/c1-4-7-17-15(6-9-19-3)13-10-14(12-16-11-13)18-8-5-2/h10-12,15,17H,4-9H2,1-3H3. The molecule has 3 nitrogen and oxygen atoms in total. The second-order valence-corrected chi connectivity index (χ2v) is 5.58. The first kappa shape index (κ1) is 16.3. The van der Waals surface area contributed by atoms with Crippen LogP contribution in [0.4, 0.5) is 0 Å². The monoisotopic (exact) mass is 282 g/mol. The van der Waals surface area contributed by atoms with Gasteiger partial charge >= 0.3 is 0 Å². The van der Waals surface area contributed by atoms with E-state index < -0.39 is 0 Å². The van der Waals surface area contributed by atoms with Crippen molar-refractivity contribution >= 4 is 11.8 Å². The van der Waals surface area contributed by atoms with Gasteiger partial charge in [0.1, 0.15) is 5.75 Å². The highest BCUT2D eigenvalue weighted by Gasteiger charge is 2.11. The van der Waals surface area contributed by atoms with Gasteiger partial charge in [0.2, 0.25) is 0 Å². The fourth-order valence-electron chi connectivity index (χ4n) is 1.87. The third-order valence-corrected chi connectivity index (χ3v) is 3.50. The quantitative estimate of drug-likeness (QED) is 0.710. The maximum atomic E-state index is 5.66. The van der Waals surface area contributed by atoms with Crippen LogP contribution in [-0.4, -0.2) is 30.1 Å². The van der Waals surface area contributed by atoms with E-state index in [0.717, 1.165) is 43.9 Å². The molecule has 0 saturated carbocycles. The van der Waals surface area contributed by atoms with Crippen molar-refractivity contribution in [2.75, 3.05) is 25.2 Å². The maximum absolute atomic E-state index is 5.66. The van der Waals surface area contributed by atoms with Crippen molar-refractivity contribution in [3.05, 3.63) is 24.0 Å². The van der Waals surface area contributed by atoms with Crippen LogP contribution in [0.2, 0.25) is 0 Å². The molecule has 1 atom stereocenters.